The van der Waals surface area contributed by atoms with E-state index in [9.17, 15) is 9.59 Å². The molecule has 1 aromatic carbocycles. The minimum absolute atomic E-state index is 0.0228. The van der Waals surface area contributed by atoms with Crippen LogP contribution in [0.3, 0.4) is 0 Å². The molecule has 1 aliphatic heterocycles. The summed E-state index contributed by atoms with van der Waals surface area (Å²) in [6, 6.07) is 7.26. The third kappa shape index (κ3) is 5.22. The van der Waals surface area contributed by atoms with E-state index in [0.717, 1.165) is 30.8 Å². The topological polar surface area (TPSA) is 93.4 Å². The molecule has 0 saturated carbocycles. The van der Waals surface area contributed by atoms with Crippen LogP contribution in [0.25, 0.3) is 0 Å². The number of nitrogens with one attached hydrogen (secondary N) is 2. The van der Waals surface area contributed by atoms with Crippen molar-refractivity contribution < 1.29 is 14.3 Å². The van der Waals surface area contributed by atoms with Crippen molar-refractivity contribution in [3.8, 4) is 0 Å². The molecular weight excluding hydrogens is 326 g/mol. The molecule has 2 amide bonds. The Hall–Kier alpha value is -1.57. The van der Waals surface area contributed by atoms with Gasteiger partial charge in [0.25, 0.3) is 5.91 Å². The van der Waals surface area contributed by atoms with E-state index in [0.29, 0.717) is 18.7 Å². The fourth-order valence-electron chi connectivity index (χ4n) is 2.93. The minimum Gasteiger partial charge on any atom is -0.384 e. The van der Waals surface area contributed by atoms with Crippen LogP contribution in [-0.2, 0) is 9.53 Å². The first-order chi connectivity index (χ1) is 11.6. The Labute approximate surface area is 146 Å². The number of carbonyl (C=O) groups is 2. The van der Waals surface area contributed by atoms with Gasteiger partial charge in [-0.05, 0) is 38.1 Å². The Bertz CT molecular complexity index is 568. The Morgan fingerprint density at radius 1 is 1.33 bits per heavy atom. The van der Waals surface area contributed by atoms with Gasteiger partial charge in [-0.2, -0.15) is 0 Å². The van der Waals surface area contributed by atoms with E-state index in [1.165, 1.54) is 11.8 Å². The van der Waals surface area contributed by atoms with Gasteiger partial charge in [-0.25, -0.2) is 0 Å². The summed E-state index contributed by atoms with van der Waals surface area (Å²) < 4.78 is 5.38. The van der Waals surface area contributed by atoms with Crippen LogP contribution in [0.1, 0.15) is 23.2 Å². The SMILES string of the molecule is COCC1(CNC(=O)c2ccccc2SCC(N)=O)CCNCC1. The van der Waals surface area contributed by atoms with E-state index >= 15 is 0 Å². The predicted octanol–water partition coefficient (Wildman–Crippen LogP) is 1.01. The second kappa shape index (κ2) is 9.05. The summed E-state index contributed by atoms with van der Waals surface area (Å²) >= 11 is 1.28. The van der Waals surface area contributed by atoms with Crippen LogP contribution in [0.5, 0.6) is 0 Å². The summed E-state index contributed by atoms with van der Waals surface area (Å²) in [5, 5.41) is 6.38. The molecule has 7 heteroatoms. The first kappa shape index (κ1) is 18.8. The number of hydrogen-bond donors (Lipinski definition) is 3. The average Bonchev–Trinajstić information content (AvgIpc) is 2.59. The lowest BCUT2D eigenvalue weighted by Gasteiger charge is -2.37. The Kier molecular flexibility index (Phi) is 7.08. The van der Waals surface area contributed by atoms with Gasteiger partial charge in [0.2, 0.25) is 5.91 Å². The van der Waals surface area contributed by atoms with Crippen molar-refractivity contribution in [3.05, 3.63) is 29.8 Å². The molecule has 0 bridgehead atoms. The fraction of sp³-hybridized carbons (Fsp3) is 0.529. The maximum atomic E-state index is 12.6. The molecule has 24 heavy (non-hydrogen) atoms. The number of piperidine rings is 1. The number of hydrogen-bond acceptors (Lipinski definition) is 5. The summed E-state index contributed by atoms with van der Waals surface area (Å²) in [7, 11) is 1.70. The first-order valence-corrected chi connectivity index (χ1v) is 9.03. The molecule has 0 radical (unpaired) electrons. The molecule has 1 heterocycles. The molecule has 1 aliphatic rings. The number of methoxy groups -OCH3 is 1. The zero-order valence-corrected chi connectivity index (χ0v) is 14.8. The molecule has 0 unspecified atom stereocenters. The van der Waals surface area contributed by atoms with Crippen molar-refractivity contribution in [2.24, 2.45) is 11.1 Å². The van der Waals surface area contributed by atoms with Crippen LogP contribution >= 0.6 is 11.8 Å². The van der Waals surface area contributed by atoms with E-state index in [1.807, 2.05) is 18.2 Å². The lowest BCUT2D eigenvalue weighted by atomic mass is 9.79. The maximum Gasteiger partial charge on any atom is 0.252 e. The molecule has 132 valence electrons. The normalized spacial score (nSPS) is 16.5. The second-order valence-corrected chi connectivity index (χ2v) is 7.13. The highest BCUT2D eigenvalue weighted by atomic mass is 32.2. The standard InChI is InChI=1S/C17H25N3O3S/c1-23-12-17(6-8-19-9-7-17)11-20-16(22)13-4-2-3-5-14(13)24-10-15(18)21/h2-5,19H,6-12H2,1H3,(H2,18,21)(H,20,22). The Morgan fingerprint density at radius 3 is 2.71 bits per heavy atom. The summed E-state index contributed by atoms with van der Waals surface area (Å²) in [5.41, 5.74) is 5.74. The third-order valence-electron chi connectivity index (χ3n) is 4.24. The molecule has 0 aromatic heterocycles. The summed E-state index contributed by atoms with van der Waals surface area (Å²) in [4.78, 5) is 24.3. The number of primary amides is 1. The molecular formula is C17H25N3O3S. The zero-order valence-electron chi connectivity index (χ0n) is 14.0. The number of amides is 2. The van der Waals surface area contributed by atoms with Gasteiger partial charge in [0.05, 0.1) is 17.9 Å². The Balaban J connectivity index is 2.02. The van der Waals surface area contributed by atoms with Crippen LogP contribution in [-0.4, -0.2) is 50.9 Å². The van der Waals surface area contributed by atoms with Crippen molar-refractivity contribution in [1.29, 1.82) is 0 Å². The van der Waals surface area contributed by atoms with Crippen molar-refractivity contribution in [2.75, 3.05) is 39.1 Å². The highest BCUT2D eigenvalue weighted by Gasteiger charge is 2.32. The van der Waals surface area contributed by atoms with E-state index in [2.05, 4.69) is 10.6 Å². The number of carbonyl (C=O) groups excluding carboxylic acids is 2. The fourth-order valence-corrected chi connectivity index (χ4v) is 3.72. The highest BCUT2D eigenvalue weighted by molar-refractivity contribution is 8.00. The van der Waals surface area contributed by atoms with E-state index in [-0.39, 0.29) is 17.1 Å². The molecule has 0 aliphatic carbocycles. The summed E-state index contributed by atoms with van der Waals surface area (Å²) in [5.74, 6) is -0.371. The van der Waals surface area contributed by atoms with Crippen LogP contribution in [0.15, 0.2) is 29.2 Å². The van der Waals surface area contributed by atoms with Crippen molar-refractivity contribution in [1.82, 2.24) is 10.6 Å². The Morgan fingerprint density at radius 2 is 2.04 bits per heavy atom. The lowest BCUT2D eigenvalue weighted by molar-refractivity contribution is -0.115. The molecule has 1 fully saturated rings. The van der Waals surface area contributed by atoms with Crippen molar-refractivity contribution in [2.45, 2.75) is 17.7 Å². The lowest BCUT2D eigenvalue weighted by Crippen LogP contribution is -2.47. The first-order valence-electron chi connectivity index (χ1n) is 8.04. The van der Waals surface area contributed by atoms with Gasteiger partial charge in [-0.15, -0.1) is 11.8 Å². The van der Waals surface area contributed by atoms with Gasteiger partial charge in [-0.1, -0.05) is 12.1 Å². The van der Waals surface area contributed by atoms with Crippen LogP contribution < -0.4 is 16.4 Å². The smallest absolute Gasteiger partial charge is 0.252 e. The molecule has 0 atom stereocenters. The molecule has 1 saturated heterocycles. The second-order valence-electron chi connectivity index (χ2n) is 6.12. The molecule has 1 aromatic rings. The maximum absolute atomic E-state index is 12.6. The van der Waals surface area contributed by atoms with E-state index < -0.39 is 5.91 Å². The van der Waals surface area contributed by atoms with Crippen molar-refractivity contribution in [3.63, 3.8) is 0 Å². The largest absolute Gasteiger partial charge is 0.384 e. The number of ether oxygens (including phenoxy) is 1. The number of rotatable bonds is 8. The van der Waals surface area contributed by atoms with E-state index in [1.54, 1.807) is 13.2 Å². The van der Waals surface area contributed by atoms with Crippen molar-refractivity contribution >= 4 is 23.6 Å². The summed E-state index contributed by atoms with van der Waals surface area (Å²) in [6.07, 6.45) is 1.94. The average molecular weight is 351 g/mol. The van der Waals surface area contributed by atoms with Gasteiger partial charge in [0.1, 0.15) is 0 Å². The molecule has 4 N–H and O–H groups in total. The van der Waals surface area contributed by atoms with Gasteiger partial charge in [-0.3, -0.25) is 9.59 Å². The zero-order chi connectivity index (χ0) is 17.4. The number of thioether (sulfide) groups is 1. The van der Waals surface area contributed by atoms with Gasteiger partial charge >= 0.3 is 0 Å². The molecule has 2 rings (SSSR count). The minimum atomic E-state index is -0.399. The van der Waals surface area contributed by atoms with E-state index in [4.69, 9.17) is 10.5 Å². The van der Waals surface area contributed by atoms with Crippen LogP contribution in [0, 0.1) is 5.41 Å². The van der Waals surface area contributed by atoms with Crippen LogP contribution in [0.2, 0.25) is 0 Å². The quantitative estimate of drug-likeness (QED) is 0.608. The molecule has 0 spiro atoms. The van der Waals surface area contributed by atoms with Gasteiger partial charge in [0.15, 0.2) is 0 Å². The summed E-state index contributed by atoms with van der Waals surface area (Å²) in [6.45, 7) is 3.08. The van der Waals surface area contributed by atoms with Gasteiger partial charge < -0.3 is 21.1 Å². The van der Waals surface area contributed by atoms with Crippen LogP contribution in [0.4, 0.5) is 0 Å². The third-order valence-corrected chi connectivity index (χ3v) is 5.34. The number of nitrogens with two attached hydrogens (primary N) is 1. The number of benzene rings is 1. The predicted molar refractivity (Wildman–Crippen MR) is 95.1 cm³/mol. The highest BCUT2D eigenvalue weighted by Crippen LogP contribution is 2.29. The molecule has 6 nitrogen and oxygen atoms in total. The monoisotopic (exact) mass is 351 g/mol. The van der Waals surface area contributed by atoms with Gasteiger partial charge in [0, 0.05) is 24.0 Å².